The first-order valence-corrected chi connectivity index (χ1v) is 11.5. The molecule has 0 saturated carbocycles. The highest BCUT2D eigenvalue weighted by Crippen LogP contribution is 2.41. The average Bonchev–Trinajstić information content (AvgIpc) is 3.45. The lowest BCUT2D eigenvalue weighted by Gasteiger charge is -2.23. The number of hydrogen-bond donors (Lipinski definition) is 0. The van der Waals surface area contributed by atoms with E-state index in [4.69, 9.17) is 5.10 Å². The zero-order valence-electron chi connectivity index (χ0n) is 16.6. The van der Waals surface area contributed by atoms with Crippen LogP contribution in [0.3, 0.4) is 0 Å². The van der Waals surface area contributed by atoms with Crippen LogP contribution >= 0.6 is 22.7 Å². The minimum absolute atomic E-state index is 0.140. The fourth-order valence-corrected chi connectivity index (χ4v) is 6.12. The third-order valence-electron chi connectivity index (χ3n) is 6.01. The van der Waals surface area contributed by atoms with Gasteiger partial charge in [-0.25, -0.2) is 9.67 Å². The molecule has 1 atom stereocenters. The second-order valence-electron chi connectivity index (χ2n) is 8.10. The highest BCUT2D eigenvalue weighted by Gasteiger charge is 2.47. The predicted molar refractivity (Wildman–Crippen MR) is 114 cm³/mol. The highest BCUT2D eigenvalue weighted by atomic mass is 32.1. The maximum atomic E-state index is 12.8. The van der Waals surface area contributed by atoms with Crippen molar-refractivity contribution in [3.8, 4) is 0 Å². The lowest BCUT2D eigenvalue weighted by molar-refractivity contribution is 0.300. The third kappa shape index (κ3) is 3.31. The molecule has 2 aliphatic rings. The van der Waals surface area contributed by atoms with Crippen LogP contribution < -0.4 is 11.1 Å². The van der Waals surface area contributed by atoms with E-state index in [-0.39, 0.29) is 12.0 Å². The Morgan fingerprint density at radius 3 is 2.66 bits per heavy atom. The monoisotopic (exact) mass is 429 g/mol. The number of aromatic nitrogens is 4. The number of aryl methyl sites for hydroxylation is 2. The van der Waals surface area contributed by atoms with Gasteiger partial charge in [0.1, 0.15) is 5.82 Å². The molecule has 0 bridgehead atoms. The van der Waals surface area contributed by atoms with E-state index >= 15 is 0 Å². The summed E-state index contributed by atoms with van der Waals surface area (Å²) in [6.45, 7) is 7.69. The zero-order chi connectivity index (χ0) is 20.2. The molecule has 29 heavy (non-hydrogen) atoms. The van der Waals surface area contributed by atoms with E-state index < -0.39 is 11.1 Å². The molecule has 1 saturated heterocycles. The van der Waals surface area contributed by atoms with Gasteiger partial charge in [-0.05, 0) is 45.4 Å². The van der Waals surface area contributed by atoms with Gasteiger partial charge in [-0.1, -0.05) is 0 Å². The summed E-state index contributed by atoms with van der Waals surface area (Å²) in [5.41, 5.74) is -0.370. The quantitative estimate of drug-likeness (QED) is 0.594. The average molecular weight is 430 g/mol. The van der Waals surface area contributed by atoms with Gasteiger partial charge in [-0.15, -0.1) is 22.7 Å². The Balaban J connectivity index is 1.45. The van der Waals surface area contributed by atoms with Crippen LogP contribution in [0.1, 0.15) is 39.1 Å². The molecule has 0 N–H and O–H groups in total. The Hall–Kier alpha value is -2.10. The Morgan fingerprint density at radius 2 is 1.93 bits per heavy atom. The van der Waals surface area contributed by atoms with Crippen molar-refractivity contribution < 1.29 is 0 Å². The van der Waals surface area contributed by atoms with Crippen molar-refractivity contribution in [1.82, 2.24) is 24.2 Å². The van der Waals surface area contributed by atoms with Crippen molar-refractivity contribution >= 4 is 22.7 Å². The Kier molecular flexibility index (Phi) is 4.56. The van der Waals surface area contributed by atoms with Gasteiger partial charge in [0.25, 0.3) is 0 Å². The molecule has 3 aromatic rings. The molecule has 0 aromatic carbocycles. The van der Waals surface area contributed by atoms with Crippen molar-refractivity contribution in [2.24, 2.45) is 0 Å². The Morgan fingerprint density at radius 1 is 1.10 bits per heavy atom. The van der Waals surface area contributed by atoms with Gasteiger partial charge in [0.2, 0.25) is 0 Å². The summed E-state index contributed by atoms with van der Waals surface area (Å²) < 4.78 is 2.94. The minimum Gasteiger partial charge on any atom is -0.297 e. The number of nitrogens with zero attached hydrogens (tertiary/aromatic N) is 5. The summed E-state index contributed by atoms with van der Waals surface area (Å²) in [5, 5.41) is 7.57. The highest BCUT2D eigenvalue weighted by molar-refractivity contribution is 7.11. The first-order valence-electron chi connectivity index (χ1n) is 9.85. The van der Waals surface area contributed by atoms with Gasteiger partial charge in [0.15, 0.2) is 0 Å². The van der Waals surface area contributed by atoms with Crippen LogP contribution in [0.15, 0.2) is 27.1 Å². The molecule has 1 unspecified atom stereocenters. The second-order valence-corrected chi connectivity index (χ2v) is 10.5. The van der Waals surface area contributed by atoms with Gasteiger partial charge in [-0.2, -0.15) is 5.10 Å². The van der Waals surface area contributed by atoms with E-state index in [0.717, 1.165) is 49.0 Å². The van der Waals surface area contributed by atoms with E-state index in [2.05, 4.69) is 28.9 Å². The van der Waals surface area contributed by atoms with Crippen LogP contribution in [0.25, 0.3) is 0 Å². The molecule has 0 radical (unpaired) electrons. The van der Waals surface area contributed by atoms with Crippen LogP contribution in [0.4, 0.5) is 0 Å². The summed E-state index contributed by atoms with van der Waals surface area (Å²) in [6, 6.07) is 4.36. The van der Waals surface area contributed by atoms with Gasteiger partial charge in [0.05, 0.1) is 17.2 Å². The molecule has 0 amide bonds. The van der Waals surface area contributed by atoms with Crippen molar-refractivity contribution in [2.75, 3.05) is 13.1 Å². The number of rotatable bonds is 4. The summed E-state index contributed by atoms with van der Waals surface area (Å²) >= 11 is 3.37. The van der Waals surface area contributed by atoms with Gasteiger partial charge in [0, 0.05) is 40.2 Å². The lowest BCUT2D eigenvalue weighted by Crippen LogP contribution is -2.45. The summed E-state index contributed by atoms with van der Waals surface area (Å²) in [6.07, 6.45) is 1.84. The van der Waals surface area contributed by atoms with Gasteiger partial charge >= 0.3 is 11.1 Å². The van der Waals surface area contributed by atoms with E-state index in [1.54, 1.807) is 4.57 Å². The van der Waals surface area contributed by atoms with Crippen molar-refractivity contribution in [3.05, 3.63) is 64.5 Å². The Bertz CT molecular complexity index is 1190. The lowest BCUT2D eigenvalue weighted by atomic mass is 9.85. The standard InChI is InChI=1S/C20H23N5O2S2/c1-13-3-4-16(29-13)10-23-7-5-20(12-23)6-8-24-17(26)18(27)25(22-19(20)24)9-15-11-28-14(2)21-15/h3-4,11H,5-10,12H2,1-2H3. The maximum absolute atomic E-state index is 12.8. The molecule has 1 fully saturated rings. The van der Waals surface area contributed by atoms with Crippen molar-refractivity contribution in [2.45, 2.75) is 51.7 Å². The van der Waals surface area contributed by atoms with Crippen LogP contribution in [0.2, 0.25) is 0 Å². The molecule has 1 spiro atoms. The molecular weight excluding hydrogens is 406 g/mol. The molecule has 3 aromatic heterocycles. The van der Waals surface area contributed by atoms with Crippen molar-refractivity contribution in [3.63, 3.8) is 0 Å². The fraction of sp³-hybridized carbons (Fsp3) is 0.500. The fourth-order valence-electron chi connectivity index (χ4n) is 4.58. The third-order valence-corrected chi connectivity index (χ3v) is 7.82. The molecule has 0 aliphatic carbocycles. The molecule has 7 nitrogen and oxygen atoms in total. The van der Waals surface area contributed by atoms with Gasteiger partial charge in [-0.3, -0.25) is 19.1 Å². The topological polar surface area (TPSA) is 73.0 Å². The van der Waals surface area contributed by atoms with E-state index in [0.29, 0.717) is 6.54 Å². The van der Waals surface area contributed by atoms with Crippen LogP contribution in [-0.2, 0) is 25.0 Å². The molecule has 9 heteroatoms. The van der Waals surface area contributed by atoms with E-state index in [9.17, 15) is 9.59 Å². The van der Waals surface area contributed by atoms with Crippen LogP contribution in [0, 0.1) is 13.8 Å². The summed E-state index contributed by atoms with van der Waals surface area (Å²) in [7, 11) is 0. The first kappa shape index (κ1) is 18.9. The number of likely N-dealkylation sites (tertiary alicyclic amines) is 1. The zero-order valence-corrected chi connectivity index (χ0v) is 18.2. The number of thiophene rings is 1. The first-order chi connectivity index (χ1) is 13.9. The predicted octanol–water partition coefficient (Wildman–Crippen LogP) is 2.14. The largest absolute Gasteiger partial charge is 0.332 e. The molecule has 5 rings (SSSR count). The summed E-state index contributed by atoms with van der Waals surface area (Å²) in [4.78, 5) is 34.9. The summed E-state index contributed by atoms with van der Waals surface area (Å²) in [5.74, 6) is 0.777. The van der Waals surface area contributed by atoms with Gasteiger partial charge < -0.3 is 0 Å². The molecule has 2 aliphatic heterocycles. The number of hydrogen-bond acceptors (Lipinski definition) is 7. The second kappa shape index (κ2) is 7.00. The number of fused-ring (bicyclic) bond motifs is 2. The molecule has 152 valence electrons. The van der Waals surface area contributed by atoms with E-state index in [1.807, 2.05) is 23.6 Å². The maximum Gasteiger partial charge on any atom is 0.332 e. The normalized spacial score (nSPS) is 21.3. The minimum atomic E-state index is -0.555. The number of thiazole rings is 1. The SMILES string of the molecule is Cc1ccc(CN2CCC3(CCn4c3nn(Cc3csc(C)n3)c(=O)c4=O)C2)s1. The van der Waals surface area contributed by atoms with Crippen LogP contribution in [0.5, 0.6) is 0 Å². The Labute approximate surface area is 176 Å². The molecule has 5 heterocycles. The van der Waals surface area contributed by atoms with E-state index in [1.165, 1.54) is 25.8 Å². The van der Waals surface area contributed by atoms with Crippen LogP contribution in [-0.4, -0.2) is 37.3 Å². The molecular formula is C20H23N5O2S2. The van der Waals surface area contributed by atoms with Crippen molar-refractivity contribution in [1.29, 1.82) is 0 Å². The smallest absolute Gasteiger partial charge is 0.297 e.